The molecule has 0 aliphatic heterocycles. The molecule has 6 heteroatoms. The zero-order chi connectivity index (χ0) is 22.6. The topological polar surface area (TPSA) is 64.7 Å². The molecule has 0 amide bonds. The van der Waals surface area contributed by atoms with E-state index in [0.29, 0.717) is 33.4 Å². The lowest BCUT2D eigenvalue weighted by Crippen LogP contribution is -2.08. The highest BCUT2D eigenvalue weighted by molar-refractivity contribution is 6.31. The quantitative estimate of drug-likeness (QED) is 0.227. The molecule has 0 fully saturated rings. The summed E-state index contributed by atoms with van der Waals surface area (Å²) in [6, 6.07) is 27.4. The Balaban J connectivity index is 1.51. The molecular formula is C27H17ClN2O3. The first-order chi connectivity index (χ1) is 16.2. The summed E-state index contributed by atoms with van der Waals surface area (Å²) in [5.74, 6) is 0.684. The van der Waals surface area contributed by atoms with Crippen LogP contribution in [-0.4, -0.2) is 11.0 Å². The van der Waals surface area contributed by atoms with E-state index in [9.17, 15) is 4.79 Å². The molecular weight excluding hydrogens is 436 g/mol. The number of halogens is 1. The van der Waals surface area contributed by atoms with Crippen molar-refractivity contribution in [3.63, 3.8) is 0 Å². The predicted octanol–water partition coefficient (Wildman–Crippen LogP) is 6.60. The Bertz CT molecular complexity index is 1500. The summed E-state index contributed by atoms with van der Waals surface area (Å²) >= 11 is 6.23. The van der Waals surface area contributed by atoms with Gasteiger partial charge in [-0.15, -0.1) is 0 Å². The molecule has 0 atom stereocenters. The molecule has 0 spiro atoms. The lowest BCUT2D eigenvalue weighted by molar-refractivity contribution is 0.0734. The lowest BCUT2D eigenvalue weighted by atomic mass is 10.1. The van der Waals surface area contributed by atoms with Crippen molar-refractivity contribution in [3.05, 3.63) is 119 Å². The molecule has 0 radical (unpaired) electrons. The van der Waals surface area contributed by atoms with Gasteiger partial charge in [0, 0.05) is 34.4 Å². The molecule has 0 bridgehead atoms. The highest BCUT2D eigenvalue weighted by atomic mass is 35.5. The second kappa shape index (κ2) is 9.10. The van der Waals surface area contributed by atoms with Crippen LogP contribution in [0.25, 0.3) is 22.3 Å². The zero-order valence-electron chi connectivity index (χ0n) is 17.3. The van der Waals surface area contributed by atoms with Crippen molar-refractivity contribution in [2.45, 2.75) is 0 Å². The molecule has 2 heterocycles. The first-order valence-electron chi connectivity index (χ1n) is 10.2. The third-order valence-electron chi connectivity index (χ3n) is 4.98. The van der Waals surface area contributed by atoms with Crippen molar-refractivity contribution in [2.24, 2.45) is 4.99 Å². The second-order valence-electron chi connectivity index (χ2n) is 7.23. The number of carbonyl (C=O) groups excluding carboxylic acids is 1. The van der Waals surface area contributed by atoms with Crippen molar-refractivity contribution < 1.29 is 13.9 Å². The highest BCUT2D eigenvalue weighted by Gasteiger charge is 2.09. The zero-order valence-corrected chi connectivity index (χ0v) is 18.1. The standard InChI is InChI=1S/C27H17ClN2O3/c28-20-6-11-25-23(16-20)24(17-26(33-25)18-4-2-1-3-5-18)30-21-7-9-22(10-8-21)32-27(31)19-12-14-29-15-13-19/h1-17H. The number of rotatable bonds is 4. The van der Waals surface area contributed by atoms with Gasteiger partial charge < -0.3 is 9.15 Å². The number of esters is 1. The van der Waals surface area contributed by atoms with E-state index in [-0.39, 0.29) is 0 Å². The summed E-state index contributed by atoms with van der Waals surface area (Å²) in [7, 11) is 0. The van der Waals surface area contributed by atoms with E-state index in [4.69, 9.17) is 25.7 Å². The third kappa shape index (κ3) is 4.68. The van der Waals surface area contributed by atoms with Crippen molar-refractivity contribution >= 4 is 34.2 Å². The largest absolute Gasteiger partial charge is 0.456 e. The molecule has 3 aromatic carbocycles. The Morgan fingerprint density at radius 2 is 1.64 bits per heavy atom. The average Bonchev–Trinajstić information content (AvgIpc) is 2.86. The summed E-state index contributed by atoms with van der Waals surface area (Å²) in [4.78, 5) is 21.0. The number of ether oxygens (including phenoxy) is 1. The Hall–Kier alpha value is -4.22. The van der Waals surface area contributed by atoms with Gasteiger partial charge in [0.1, 0.15) is 17.1 Å². The van der Waals surface area contributed by atoms with Crippen LogP contribution in [0.15, 0.2) is 113 Å². The molecule has 5 nitrogen and oxygen atoms in total. The molecule has 2 aromatic heterocycles. The summed E-state index contributed by atoms with van der Waals surface area (Å²) in [6.07, 6.45) is 3.09. The van der Waals surface area contributed by atoms with Gasteiger partial charge in [-0.25, -0.2) is 9.79 Å². The average molecular weight is 453 g/mol. The van der Waals surface area contributed by atoms with E-state index >= 15 is 0 Å². The highest BCUT2D eigenvalue weighted by Crippen LogP contribution is 2.25. The number of carbonyl (C=O) groups is 1. The fraction of sp³-hybridized carbons (Fsp3) is 0. The number of fused-ring (bicyclic) bond motifs is 1. The molecule has 0 unspecified atom stereocenters. The molecule has 160 valence electrons. The fourth-order valence-electron chi connectivity index (χ4n) is 3.36. The minimum Gasteiger partial charge on any atom is -0.456 e. The molecule has 0 saturated heterocycles. The number of nitrogens with zero attached hydrogens (tertiary/aromatic N) is 2. The van der Waals surface area contributed by atoms with Crippen molar-refractivity contribution in [1.29, 1.82) is 0 Å². The van der Waals surface area contributed by atoms with Crippen molar-refractivity contribution in [1.82, 2.24) is 4.98 Å². The third-order valence-corrected chi connectivity index (χ3v) is 5.21. The van der Waals surface area contributed by atoms with Gasteiger partial charge in [-0.3, -0.25) is 4.98 Å². The van der Waals surface area contributed by atoms with Gasteiger partial charge in [-0.05, 0) is 54.6 Å². The van der Waals surface area contributed by atoms with Crippen LogP contribution < -0.4 is 10.1 Å². The maximum atomic E-state index is 12.2. The molecule has 0 aliphatic rings. The molecule has 33 heavy (non-hydrogen) atoms. The van der Waals surface area contributed by atoms with Gasteiger partial charge in [0.15, 0.2) is 0 Å². The first-order valence-corrected chi connectivity index (χ1v) is 10.6. The van der Waals surface area contributed by atoms with Crippen LogP contribution in [0.2, 0.25) is 5.02 Å². The Morgan fingerprint density at radius 1 is 0.879 bits per heavy atom. The number of aromatic nitrogens is 1. The SMILES string of the molecule is O=C(Oc1ccc(N=c2cc(-c3ccccc3)oc3ccc(Cl)cc23)cc1)c1ccncc1. The van der Waals surface area contributed by atoms with Crippen LogP contribution in [0.4, 0.5) is 5.69 Å². The van der Waals surface area contributed by atoms with Gasteiger partial charge in [-0.2, -0.15) is 0 Å². The first kappa shape index (κ1) is 20.7. The Labute approximate surface area is 194 Å². The van der Waals surface area contributed by atoms with E-state index in [2.05, 4.69) is 4.98 Å². The van der Waals surface area contributed by atoms with Crippen LogP contribution in [0, 0.1) is 0 Å². The van der Waals surface area contributed by atoms with E-state index in [1.165, 1.54) is 0 Å². The van der Waals surface area contributed by atoms with Crippen LogP contribution in [0.1, 0.15) is 10.4 Å². The van der Waals surface area contributed by atoms with Gasteiger partial charge in [0.05, 0.1) is 16.6 Å². The van der Waals surface area contributed by atoms with Crippen LogP contribution in [0.3, 0.4) is 0 Å². The predicted molar refractivity (Wildman–Crippen MR) is 128 cm³/mol. The molecule has 0 aliphatic carbocycles. The summed E-state index contributed by atoms with van der Waals surface area (Å²) in [6.45, 7) is 0. The number of pyridine rings is 1. The minimum atomic E-state index is -0.445. The van der Waals surface area contributed by atoms with Crippen LogP contribution >= 0.6 is 11.6 Å². The number of hydrogen-bond donors (Lipinski definition) is 0. The minimum absolute atomic E-state index is 0.428. The van der Waals surface area contributed by atoms with E-state index in [1.54, 1.807) is 54.9 Å². The van der Waals surface area contributed by atoms with E-state index in [1.807, 2.05) is 48.5 Å². The molecule has 5 aromatic rings. The van der Waals surface area contributed by atoms with Gasteiger partial charge in [0.2, 0.25) is 0 Å². The van der Waals surface area contributed by atoms with Crippen LogP contribution in [0.5, 0.6) is 5.75 Å². The molecule has 5 rings (SSSR count). The summed E-state index contributed by atoms with van der Waals surface area (Å²) in [5.41, 5.74) is 2.76. The monoisotopic (exact) mass is 452 g/mol. The van der Waals surface area contributed by atoms with E-state index < -0.39 is 5.97 Å². The maximum Gasteiger partial charge on any atom is 0.343 e. The van der Waals surface area contributed by atoms with Gasteiger partial charge >= 0.3 is 5.97 Å². The Morgan fingerprint density at radius 3 is 2.39 bits per heavy atom. The summed E-state index contributed by atoms with van der Waals surface area (Å²) < 4.78 is 11.5. The van der Waals surface area contributed by atoms with Gasteiger partial charge in [0.25, 0.3) is 0 Å². The second-order valence-corrected chi connectivity index (χ2v) is 7.67. The Kier molecular flexibility index (Phi) is 5.70. The molecule has 0 N–H and O–H groups in total. The van der Waals surface area contributed by atoms with Crippen molar-refractivity contribution in [2.75, 3.05) is 0 Å². The fourth-order valence-corrected chi connectivity index (χ4v) is 3.53. The van der Waals surface area contributed by atoms with E-state index in [0.717, 1.165) is 16.3 Å². The van der Waals surface area contributed by atoms with Crippen molar-refractivity contribution in [3.8, 4) is 17.1 Å². The number of hydrogen-bond acceptors (Lipinski definition) is 5. The normalized spacial score (nSPS) is 11.5. The summed E-state index contributed by atoms with van der Waals surface area (Å²) in [5, 5.41) is 2.12. The maximum absolute atomic E-state index is 12.2. The molecule has 0 saturated carbocycles. The number of benzene rings is 3. The smallest absolute Gasteiger partial charge is 0.343 e. The lowest BCUT2D eigenvalue weighted by Gasteiger charge is -2.06. The van der Waals surface area contributed by atoms with Crippen LogP contribution in [-0.2, 0) is 0 Å². The van der Waals surface area contributed by atoms with Gasteiger partial charge in [-0.1, -0.05) is 41.9 Å².